The number of urea groups is 1. The molecule has 2 amide bonds. The van der Waals surface area contributed by atoms with Crippen molar-refractivity contribution in [3.63, 3.8) is 0 Å². The van der Waals surface area contributed by atoms with Crippen molar-refractivity contribution in [1.82, 2.24) is 20.6 Å². The lowest BCUT2D eigenvalue weighted by Gasteiger charge is -2.28. The highest BCUT2D eigenvalue weighted by Crippen LogP contribution is 2.21. The maximum atomic E-state index is 11.4. The van der Waals surface area contributed by atoms with Crippen LogP contribution in [-0.4, -0.2) is 34.7 Å². The molecule has 1 aliphatic carbocycles. The van der Waals surface area contributed by atoms with Crippen molar-refractivity contribution < 1.29 is 9.53 Å². The molecule has 0 unspecified atom stereocenters. The first-order chi connectivity index (χ1) is 9.28. The van der Waals surface area contributed by atoms with Crippen LogP contribution in [0.4, 0.5) is 4.79 Å². The average Bonchev–Trinajstić information content (AvgIpc) is 2.42. The van der Waals surface area contributed by atoms with Crippen molar-refractivity contribution in [1.29, 1.82) is 0 Å². The predicted molar refractivity (Wildman–Crippen MR) is 70.9 cm³/mol. The van der Waals surface area contributed by atoms with Crippen LogP contribution in [0.25, 0.3) is 0 Å². The minimum absolute atomic E-state index is 0.0849. The molecule has 0 aliphatic heterocycles. The van der Waals surface area contributed by atoms with E-state index in [0.29, 0.717) is 12.6 Å². The number of nitrogens with zero attached hydrogens (tertiary/aromatic N) is 2. The second kappa shape index (κ2) is 6.92. The van der Waals surface area contributed by atoms with Crippen molar-refractivity contribution in [3.8, 4) is 6.01 Å². The van der Waals surface area contributed by atoms with E-state index in [0.717, 1.165) is 25.7 Å². The lowest BCUT2D eigenvalue weighted by molar-refractivity contribution is 0.129. The molecule has 1 aromatic rings. The minimum Gasteiger partial charge on any atom is -0.460 e. The molecule has 2 rings (SSSR count). The van der Waals surface area contributed by atoms with Crippen LogP contribution in [0.15, 0.2) is 18.5 Å². The minimum atomic E-state index is -0.0849. The monoisotopic (exact) mass is 264 g/mol. The van der Waals surface area contributed by atoms with Crippen LogP contribution < -0.4 is 15.4 Å². The van der Waals surface area contributed by atoms with Gasteiger partial charge in [-0.3, -0.25) is 0 Å². The molecule has 0 saturated heterocycles. The van der Waals surface area contributed by atoms with E-state index in [9.17, 15) is 4.79 Å². The first-order valence-electron chi connectivity index (χ1n) is 6.76. The lowest BCUT2D eigenvalue weighted by Crippen LogP contribution is -2.44. The summed E-state index contributed by atoms with van der Waals surface area (Å²) in [5, 5.41) is 5.71. The van der Waals surface area contributed by atoms with Gasteiger partial charge in [0.2, 0.25) is 0 Å². The Kier molecular flexibility index (Phi) is 4.94. The molecular weight excluding hydrogens is 244 g/mol. The van der Waals surface area contributed by atoms with E-state index < -0.39 is 0 Å². The van der Waals surface area contributed by atoms with Gasteiger partial charge in [0, 0.05) is 25.0 Å². The standard InChI is InChI=1S/C13H20N4O2/c1-2-14-12(18)17-10-4-6-11(7-5-10)19-13-15-8-3-9-16-13/h3,8-11H,2,4-7H2,1H3,(H2,14,17,18). The van der Waals surface area contributed by atoms with E-state index in [2.05, 4.69) is 20.6 Å². The molecule has 6 heteroatoms. The summed E-state index contributed by atoms with van der Waals surface area (Å²) in [5.74, 6) is 0. The van der Waals surface area contributed by atoms with Gasteiger partial charge in [-0.2, -0.15) is 0 Å². The molecule has 0 spiro atoms. The quantitative estimate of drug-likeness (QED) is 0.863. The number of aromatic nitrogens is 2. The number of ether oxygens (including phenoxy) is 1. The van der Waals surface area contributed by atoms with Crippen molar-refractivity contribution in [2.75, 3.05) is 6.54 Å². The molecule has 0 atom stereocenters. The molecule has 0 radical (unpaired) electrons. The van der Waals surface area contributed by atoms with E-state index in [1.807, 2.05) is 6.92 Å². The first-order valence-corrected chi connectivity index (χ1v) is 6.76. The maximum absolute atomic E-state index is 11.4. The SMILES string of the molecule is CCNC(=O)NC1CCC(Oc2ncccn2)CC1. The van der Waals surface area contributed by atoms with E-state index >= 15 is 0 Å². The van der Waals surface area contributed by atoms with Crippen LogP contribution in [0.2, 0.25) is 0 Å². The molecule has 1 heterocycles. The van der Waals surface area contributed by atoms with Gasteiger partial charge in [-0.15, -0.1) is 0 Å². The van der Waals surface area contributed by atoms with Gasteiger partial charge < -0.3 is 15.4 Å². The largest absolute Gasteiger partial charge is 0.460 e. The Bertz CT molecular complexity index is 391. The van der Waals surface area contributed by atoms with Gasteiger partial charge in [0.25, 0.3) is 0 Å². The summed E-state index contributed by atoms with van der Waals surface area (Å²) in [4.78, 5) is 19.5. The lowest BCUT2D eigenvalue weighted by atomic mass is 9.93. The van der Waals surface area contributed by atoms with Crippen molar-refractivity contribution in [3.05, 3.63) is 18.5 Å². The Morgan fingerprint density at radius 1 is 1.32 bits per heavy atom. The van der Waals surface area contributed by atoms with Crippen molar-refractivity contribution in [2.45, 2.75) is 44.8 Å². The summed E-state index contributed by atoms with van der Waals surface area (Å²) in [6.45, 7) is 2.56. The second-order valence-electron chi connectivity index (χ2n) is 4.63. The summed E-state index contributed by atoms with van der Waals surface area (Å²) in [7, 11) is 0. The van der Waals surface area contributed by atoms with E-state index in [1.165, 1.54) is 0 Å². The summed E-state index contributed by atoms with van der Waals surface area (Å²) < 4.78 is 5.71. The van der Waals surface area contributed by atoms with Gasteiger partial charge in [0.15, 0.2) is 0 Å². The highest BCUT2D eigenvalue weighted by atomic mass is 16.5. The average molecular weight is 264 g/mol. The molecule has 0 bridgehead atoms. The zero-order valence-corrected chi connectivity index (χ0v) is 11.1. The van der Waals surface area contributed by atoms with Crippen LogP contribution in [0.5, 0.6) is 6.01 Å². The van der Waals surface area contributed by atoms with Crippen molar-refractivity contribution >= 4 is 6.03 Å². The third kappa shape index (κ3) is 4.39. The number of hydrogen-bond donors (Lipinski definition) is 2. The number of nitrogens with one attached hydrogen (secondary N) is 2. The highest BCUT2D eigenvalue weighted by Gasteiger charge is 2.23. The fraction of sp³-hybridized carbons (Fsp3) is 0.615. The topological polar surface area (TPSA) is 76.1 Å². The number of carbonyl (C=O) groups is 1. The highest BCUT2D eigenvalue weighted by molar-refractivity contribution is 5.74. The smallest absolute Gasteiger partial charge is 0.316 e. The Morgan fingerprint density at radius 2 is 2.00 bits per heavy atom. The van der Waals surface area contributed by atoms with Gasteiger partial charge in [0.05, 0.1) is 0 Å². The van der Waals surface area contributed by atoms with Gasteiger partial charge in [-0.25, -0.2) is 14.8 Å². The molecular formula is C13H20N4O2. The Labute approximate surface area is 113 Å². The molecule has 1 aliphatic rings. The van der Waals surface area contributed by atoms with Gasteiger partial charge in [-0.05, 0) is 38.7 Å². The van der Waals surface area contributed by atoms with Crippen LogP contribution in [0.3, 0.4) is 0 Å². The molecule has 2 N–H and O–H groups in total. The summed E-state index contributed by atoms with van der Waals surface area (Å²) in [5.41, 5.74) is 0. The summed E-state index contributed by atoms with van der Waals surface area (Å²) in [6.07, 6.45) is 7.16. The van der Waals surface area contributed by atoms with Crippen LogP contribution in [-0.2, 0) is 0 Å². The second-order valence-corrected chi connectivity index (χ2v) is 4.63. The molecule has 104 valence electrons. The fourth-order valence-corrected chi connectivity index (χ4v) is 2.22. The number of hydrogen-bond acceptors (Lipinski definition) is 4. The Hall–Kier alpha value is -1.85. The van der Waals surface area contributed by atoms with E-state index in [4.69, 9.17) is 4.74 Å². The van der Waals surface area contributed by atoms with E-state index in [1.54, 1.807) is 18.5 Å². The van der Waals surface area contributed by atoms with Gasteiger partial charge in [0.1, 0.15) is 6.10 Å². The normalized spacial score (nSPS) is 22.6. The van der Waals surface area contributed by atoms with Gasteiger partial charge >= 0.3 is 12.0 Å². The molecule has 1 saturated carbocycles. The molecule has 1 aromatic heterocycles. The summed E-state index contributed by atoms with van der Waals surface area (Å²) in [6, 6.07) is 2.35. The first kappa shape index (κ1) is 13.6. The van der Waals surface area contributed by atoms with E-state index in [-0.39, 0.29) is 18.2 Å². The zero-order valence-electron chi connectivity index (χ0n) is 11.1. The fourth-order valence-electron chi connectivity index (χ4n) is 2.22. The maximum Gasteiger partial charge on any atom is 0.316 e. The Morgan fingerprint density at radius 3 is 2.63 bits per heavy atom. The third-order valence-corrected chi connectivity index (χ3v) is 3.16. The molecule has 1 fully saturated rings. The molecule has 19 heavy (non-hydrogen) atoms. The zero-order chi connectivity index (χ0) is 13.5. The van der Waals surface area contributed by atoms with Crippen molar-refractivity contribution in [2.24, 2.45) is 0 Å². The predicted octanol–water partition coefficient (Wildman–Crippen LogP) is 1.49. The number of carbonyl (C=O) groups excluding carboxylic acids is 1. The third-order valence-electron chi connectivity index (χ3n) is 3.16. The van der Waals surface area contributed by atoms with Gasteiger partial charge in [-0.1, -0.05) is 0 Å². The van der Waals surface area contributed by atoms with Crippen LogP contribution >= 0.6 is 0 Å². The molecule has 6 nitrogen and oxygen atoms in total. The molecule has 0 aromatic carbocycles. The Balaban J connectivity index is 1.72. The van der Waals surface area contributed by atoms with Crippen LogP contribution in [0, 0.1) is 0 Å². The number of rotatable bonds is 4. The summed E-state index contributed by atoms with van der Waals surface area (Å²) >= 11 is 0. The number of amides is 2. The van der Waals surface area contributed by atoms with Crippen LogP contribution in [0.1, 0.15) is 32.6 Å².